The molecule has 0 bridgehead atoms. The molecular weight excluding hydrogens is 455 g/mol. The molecule has 0 spiro atoms. The Kier molecular flexibility index (Phi) is 6.36. The van der Waals surface area contributed by atoms with E-state index in [1.165, 1.54) is 18.2 Å². The summed E-state index contributed by atoms with van der Waals surface area (Å²) in [5.41, 5.74) is 1.85. The van der Waals surface area contributed by atoms with Gasteiger partial charge in [-0.1, -0.05) is 42.3 Å². The van der Waals surface area contributed by atoms with Crippen LogP contribution in [0.15, 0.2) is 59.5 Å². The Bertz CT molecular complexity index is 1180. The Morgan fingerprint density at radius 3 is 2.42 bits per heavy atom. The molecule has 0 radical (unpaired) electrons. The summed E-state index contributed by atoms with van der Waals surface area (Å²) in [7, 11) is -3.81. The van der Waals surface area contributed by atoms with Crippen LogP contribution in [0.4, 0.5) is 11.5 Å². The van der Waals surface area contributed by atoms with Crippen molar-refractivity contribution in [3.8, 4) is 11.3 Å². The van der Waals surface area contributed by atoms with Crippen molar-refractivity contribution in [2.24, 2.45) is 5.92 Å². The molecule has 1 aliphatic rings. The predicted molar refractivity (Wildman–Crippen MR) is 125 cm³/mol. The molecule has 0 aliphatic carbocycles. The normalized spacial score (nSPS) is 15.1. The summed E-state index contributed by atoms with van der Waals surface area (Å²) in [6.45, 7) is 4.25. The molecule has 0 atom stereocenters. The highest BCUT2D eigenvalue weighted by Crippen LogP contribution is 2.28. The summed E-state index contributed by atoms with van der Waals surface area (Å²) in [4.78, 5) is 2.28. The molecule has 1 aliphatic heterocycles. The minimum atomic E-state index is -3.81. The maximum absolute atomic E-state index is 12.7. The Hall–Kier alpha value is -2.35. The van der Waals surface area contributed by atoms with Gasteiger partial charge in [0.15, 0.2) is 5.82 Å². The number of piperidine rings is 1. The van der Waals surface area contributed by atoms with Crippen molar-refractivity contribution >= 4 is 44.7 Å². The fourth-order valence-corrected chi connectivity index (χ4v) is 4.92. The number of aromatic nitrogens is 2. The van der Waals surface area contributed by atoms with Gasteiger partial charge in [0.1, 0.15) is 0 Å². The zero-order valence-electron chi connectivity index (χ0n) is 16.9. The van der Waals surface area contributed by atoms with Crippen molar-refractivity contribution in [1.82, 2.24) is 10.2 Å². The number of nitrogens with zero attached hydrogens (tertiary/aromatic N) is 3. The molecule has 0 unspecified atom stereocenters. The molecule has 6 nitrogen and oxygen atoms in total. The molecule has 0 saturated carbocycles. The van der Waals surface area contributed by atoms with Crippen LogP contribution in [0.1, 0.15) is 19.8 Å². The van der Waals surface area contributed by atoms with Gasteiger partial charge in [-0.15, -0.1) is 10.2 Å². The van der Waals surface area contributed by atoms with Gasteiger partial charge in [-0.2, -0.15) is 0 Å². The van der Waals surface area contributed by atoms with Crippen LogP contribution in [0.5, 0.6) is 0 Å². The number of sulfonamides is 1. The van der Waals surface area contributed by atoms with Gasteiger partial charge in [-0.25, -0.2) is 8.42 Å². The van der Waals surface area contributed by atoms with Crippen molar-refractivity contribution in [3.63, 3.8) is 0 Å². The Morgan fingerprint density at radius 2 is 1.74 bits per heavy atom. The molecular formula is C22H22Cl2N4O2S. The Balaban J connectivity index is 1.52. The highest BCUT2D eigenvalue weighted by Gasteiger charge is 2.18. The zero-order chi connectivity index (χ0) is 22.0. The number of halogens is 2. The van der Waals surface area contributed by atoms with E-state index in [2.05, 4.69) is 26.7 Å². The van der Waals surface area contributed by atoms with Crippen molar-refractivity contribution in [2.75, 3.05) is 22.7 Å². The Labute approximate surface area is 192 Å². The van der Waals surface area contributed by atoms with E-state index >= 15 is 0 Å². The van der Waals surface area contributed by atoms with E-state index < -0.39 is 10.0 Å². The van der Waals surface area contributed by atoms with E-state index in [0.29, 0.717) is 16.4 Å². The molecule has 2 heterocycles. The van der Waals surface area contributed by atoms with Gasteiger partial charge in [0.25, 0.3) is 10.0 Å². The molecule has 1 fully saturated rings. The molecule has 1 aromatic heterocycles. The van der Waals surface area contributed by atoms with Crippen LogP contribution in [0.2, 0.25) is 10.0 Å². The lowest BCUT2D eigenvalue weighted by atomic mass is 9.99. The fourth-order valence-electron chi connectivity index (χ4n) is 3.49. The minimum absolute atomic E-state index is 0.0345. The summed E-state index contributed by atoms with van der Waals surface area (Å²) >= 11 is 11.8. The second kappa shape index (κ2) is 9.02. The van der Waals surface area contributed by atoms with Crippen LogP contribution in [-0.4, -0.2) is 31.7 Å². The maximum atomic E-state index is 12.7. The third-order valence-electron chi connectivity index (χ3n) is 5.37. The fraction of sp³-hybridized carbons (Fsp3) is 0.273. The monoisotopic (exact) mass is 476 g/mol. The van der Waals surface area contributed by atoms with Crippen molar-refractivity contribution in [2.45, 2.75) is 24.7 Å². The topological polar surface area (TPSA) is 75.2 Å². The summed E-state index contributed by atoms with van der Waals surface area (Å²) in [5, 5.41) is 9.22. The molecule has 9 heteroatoms. The van der Waals surface area contributed by atoms with Gasteiger partial charge in [0.2, 0.25) is 0 Å². The molecule has 3 aromatic rings. The van der Waals surface area contributed by atoms with E-state index in [4.69, 9.17) is 23.2 Å². The number of nitrogens with one attached hydrogen (secondary N) is 1. The highest BCUT2D eigenvalue weighted by atomic mass is 35.5. The third kappa shape index (κ3) is 5.11. The SMILES string of the molecule is CC1CCN(c2ccc(-c3cccc(NS(=O)(=O)c4ccc(Cl)c(Cl)c4)c3)nn2)CC1. The van der Waals surface area contributed by atoms with Crippen molar-refractivity contribution in [3.05, 3.63) is 64.6 Å². The van der Waals surface area contributed by atoms with Crippen LogP contribution in [0.3, 0.4) is 0 Å². The largest absolute Gasteiger partial charge is 0.355 e. The first-order valence-corrected chi connectivity index (χ1v) is 12.2. The van der Waals surface area contributed by atoms with E-state index in [1.54, 1.807) is 18.2 Å². The average molecular weight is 477 g/mol. The van der Waals surface area contributed by atoms with Crippen molar-refractivity contribution in [1.29, 1.82) is 0 Å². The molecule has 31 heavy (non-hydrogen) atoms. The van der Waals surface area contributed by atoms with Crippen LogP contribution in [0, 0.1) is 5.92 Å². The van der Waals surface area contributed by atoms with Gasteiger partial charge in [-0.05, 0) is 61.2 Å². The molecule has 2 aromatic carbocycles. The quantitative estimate of drug-likeness (QED) is 0.526. The van der Waals surface area contributed by atoms with Gasteiger partial charge in [0.05, 0.1) is 20.6 Å². The second-order valence-corrected chi connectivity index (χ2v) is 10.2. The van der Waals surface area contributed by atoms with Crippen LogP contribution >= 0.6 is 23.2 Å². The van der Waals surface area contributed by atoms with Crippen LogP contribution in [0.25, 0.3) is 11.3 Å². The first kappa shape index (κ1) is 21.9. The van der Waals surface area contributed by atoms with E-state index in [9.17, 15) is 8.42 Å². The molecule has 1 N–H and O–H groups in total. The Morgan fingerprint density at radius 1 is 0.968 bits per heavy atom. The summed E-state index contributed by atoms with van der Waals surface area (Å²) in [6.07, 6.45) is 2.31. The molecule has 0 amide bonds. The smallest absolute Gasteiger partial charge is 0.261 e. The van der Waals surface area contributed by atoms with Gasteiger partial charge in [-0.3, -0.25) is 4.72 Å². The van der Waals surface area contributed by atoms with Gasteiger partial charge in [0, 0.05) is 24.3 Å². The maximum Gasteiger partial charge on any atom is 0.261 e. The first-order chi connectivity index (χ1) is 14.8. The lowest BCUT2D eigenvalue weighted by Gasteiger charge is -2.30. The highest BCUT2D eigenvalue weighted by molar-refractivity contribution is 7.92. The second-order valence-electron chi connectivity index (χ2n) is 7.71. The number of anilines is 2. The number of hydrogen-bond acceptors (Lipinski definition) is 5. The molecule has 4 rings (SSSR count). The van der Waals surface area contributed by atoms with E-state index in [1.807, 2.05) is 18.2 Å². The zero-order valence-corrected chi connectivity index (χ0v) is 19.3. The minimum Gasteiger partial charge on any atom is -0.355 e. The third-order valence-corrected chi connectivity index (χ3v) is 7.49. The first-order valence-electron chi connectivity index (χ1n) is 9.99. The average Bonchev–Trinajstić information content (AvgIpc) is 2.76. The van der Waals surface area contributed by atoms with Crippen LogP contribution in [-0.2, 0) is 10.0 Å². The summed E-state index contributed by atoms with van der Waals surface area (Å²) in [5.74, 6) is 1.62. The molecule has 1 saturated heterocycles. The van der Waals surface area contributed by atoms with E-state index in [-0.39, 0.29) is 9.92 Å². The molecule has 162 valence electrons. The number of rotatable bonds is 5. The van der Waals surface area contributed by atoms with Crippen LogP contribution < -0.4 is 9.62 Å². The number of hydrogen-bond donors (Lipinski definition) is 1. The van der Waals surface area contributed by atoms with E-state index in [0.717, 1.165) is 43.2 Å². The number of benzene rings is 2. The van der Waals surface area contributed by atoms with Gasteiger partial charge < -0.3 is 4.90 Å². The van der Waals surface area contributed by atoms with Crippen molar-refractivity contribution < 1.29 is 8.42 Å². The lowest BCUT2D eigenvalue weighted by molar-refractivity contribution is 0.436. The lowest BCUT2D eigenvalue weighted by Crippen LogP contribution is -2.33. The summed E-state index contributed by atoms with van der Waals surface area (Å²) in [6, 6.07) is 15.1. The predicted octanol–water partition coefficient (Wildman–Crippen LogP) is 5.49. The summed E-state index contributed by atoms with van der Waals surface area (Å²) < 4.78 is 28.0. The standard InChI is InChI=1S/C22H22Cl2N4O2S/c1-15-9-11-28(12-10-15)22-8-7-21(25-26-22)16-3-2-4-17(13-16)27-31(29,30)18-5-6-19(23)20(24)14-18/h2-8,13-15,27H,9-12H2,1H3. The van der Waals surface area contributed by atoms with Gasteiger partial charge >= 0.3 is 0 Å².